The molecule has 7 heteroatoms. The molecule has 23 heavy (non-hydrogen) atoms. The second-order valence-corrected chi connectivity index (χ2v) is 6.02. The molecule has 0 aliphatic heterocycles. The number of rotatable bonds is 5. The minimum Gasteiger partial charge on any atom is -0.325 e. The Morgan fingerprint density at radius 3 is 2.91 bits per heavy atom. The maximum Gasteiger partial charge on any atom is 0.273 e. The van der Waals surface area contributed by atoms with E-state index < -0.39 is 0 Å². The summed E-state index contributed by atoms with van der Waals surface area (Å²) in [5.74, 6) is -0.0987. The topological polar surface area (TPSA) is 87.8 Å². The summed E-state index contributed by atoms with van der Waals surface area (Å²) in [5.41, 5.74) is 0.720. The fraction of sp³-hybridized carbons (Fsp3) is 0.250. The van der Waals surface area contributed by atoms with Crippen LogP contribution in [0, 0.1) is 11.3 Å². The number of nitrogens with one attached hydrogen (secondary N) is 1. The quantitative estimate of drug-likeness (QED) is 0.673. The van der Waals surface area contributed by atoms with Crippen molar-refractivity contribution < 1.29 is 4.79 Å². The smallest absolute Gasteiger partial charge is 0.273 e. The summed E-state index contributed by atoms with van der Waals surface area (Å²) in [6.45, 7) is 3.95. The molecule has 0 aliphatic rings. The van der Waals surface area contributed by atoms with Crippen LogP contribution < -0.4 is 10.9 Å². The van der Waals surface area contributed by atoms with Gasteiger partial charge in [-0.1, -0.05) is 17.8 Å². The van der Waals surface area contributed by atoms with Gasteiger partial charge in [0, 0.05) is 24.0 Å². The van der Waals surface area contributed by atoms with E-state index in [9.17, 15) is 9.59 Å². The van der Waals surface area contributed by atoms with Crippen LogP contribution in [0.4, 0.5) is 5.69 Å². The first-order valence-corrected chi connectivity index (χ1v) is 8.00. The van der Waals surface area contributed by atoms with Gasteiger partial charge in [0.1, 0.15) is 0 Å². The predicted molar refractivity (Wildman–Crippen MR) is 89.4 cm³/mol. The number of carbonyl (C=O) groups is 1. The Bertz CT molecular complexity index is 808. The van der Waals surface area contributed by atoms with Crippen LogP contribution in [0.5, 0.6) is 0 Å². The molecule has 1 amide bonds. The average Bonchev–Trinajstić information content (AvgIpc) is 2.53. The van der Waals surface area contributed by atoms with Gasteiger partial charge in [-0.15, -0.1) is 0 Å². The van der Waals surface area contributed by atoms with E-state index in [1.165, 1.54) is 17.8 Å². The highest BCUT2D eigenvalue weighted by Crippen LogP contribution is 2.18. The molecule has 2 aromatic rings. The van der Waals surface area contributed by atoms with Gasteiger partial charge in [-0.05, 0) is 32.0 Å². The second kappa shape index (κ2) is 7.61. The lowest BCUT2D eigenvalue weighted by molar-refractivity contribution is -0.113. The third-order valence-corrected chi connectivity index (χ3v) is 3.94. The average molecular weight is 328 g/mol. The molecule has 0 bridgehead atoms. The normalized spacial score (nSPS) is 10.3. The second-order valence-electron chi connectivity index (χ2n) is 5.08. The van der Waals surface area contributed by atoms with Crippen LogP contribution in [-0.2, 0) is 4.79 Å². The van der Waals surface area contributed by atoms with Crippen LogP contribution >= 0.6 is 11.8 Å². The van der Waals surface area contributed by atoms with Crippen LogP contribution in [0.3, 0.4) is 0 Å². The molecule has 0 aliphatic carbocycles. The number of carbonyl (C=O) groups excluding carboxylic acids is 1. The summed E-state index contributed by atoms with van der Waals surface area (Å²) < 4.78 is 1.84. The molecule has 1 aromatic carbocycles. The summed E-state index contributed by atoms with van der Waals surface area (Å²) in [5, 5.41) is 12.1. The Morgan fingerprint density at radius 2 is 2.22 bits per heavy atom. The largest absolute Gasteiger partial charge is 0.325 e. The highest BCUT2D eigenvalue weighted by molar-refractivity contribution is 7.99. The van der Waals surface area contributed by atoms with E-state index in [1.54, 1.807) is 30.5 Å². The van der Waals surface area contributed by atoms with Crippen molar-refractivity contribution in [2.24, 2.45) is 0 Å². The maximum absolute atomic E-state index is 12.0. The standard InChI is InChI=1S/C16H16N4O2S/c1-11(2)20-7-6-14(21)19-16(20)23-10-15(22)18-13-5-3-4-12(8-13)9-17/h3-8,11H,10H2,1-2H3,(H,18,22). The molecule has 0 fully saturated rings. The van der Waals surface area contributed by atoms with Crippen molar-refractivity contribution in [2.75, 3.05) is 11.1 Å². The van der Waals surface area contributed by atoms with E-state index in [1.807, 2.05) is 24.5 Å². The first-order chi connectivity index (χ1) is 11.0. The van der Waals surface area contributed by atoms with E-state index in [-0.39, 0.29) is 23.3 Å². The number of amides is 1. The number of thioether (sulfide) groups is 1. The van der Waals surface area contributed by atoms with E-state index in [0.717, 1.165) is 0 Å². The van der Waals surface area contributed by atoms with Crippen molar-refractivity contribution >= 4 is 23.4 Å². The van der Waals surface area contributed by atoms with Crippen molar-refractivity contribution in [3.63, 3.8) is 0 Å². The lowest BCUT2D eigenvalue weighted by Gasteiger charge is -2.14. The molecule has 0 spiro atoms. The highest BCUT2D eigenvalue weighted by Gasteiger charge is 2.10. The van der Waals surface area contributed by atoms with Crippen molar-refractivity contribution in [1.29, 1.82) is 5.26 Å². The summed E-state index contributed by atoms with van der Waals surface area (Å²) in [6, 6.07) is 10.3. The lowest BCUT2D eigenvalue weighted by atomic mass is 10.2. The zero-order valence-electron chi connectivity index (χ0n) is 12.8. The molecule has 0 saturated carbocycles. The lowest BCUT2D eigenvalue weighted by Crippen LogP contribution is -2.18. The number of aromatic nitrogens is 2. The fourth-order valence-corrected chi connectivity index (χ4v) is 2.80. The van der Waals surface area contributed by atoms with Crippen molar-refractivity contribution in [3.05, 3.63) is 52.4 Å². The predicted octanol–water partition coefficient (Wildman–Crippen LogP) is 2.43. The number of nitrogens with zero attached hydrogens (tertiary/aromatic N) is 3. The van der Waals surface area contributed by atoms with E-state index in [2.05, 4.69) is 10.3 Å². The Balaban J connectivity index is 2.03. The Hall–Kier alpha value is -2.59. The first kappa shape index (κ1) is 16.8. The Morgan fingerprint density at radius 1 is 1.43 bits per heavy atom. The van der Waals surface area contributed by atoms with Gasteiger partial charge in [-0.2, -0.15) is 10.2 Å². The van der Waals surface area contributed by atoms with Gasteiger partial charge >= 0.3 is 0 Å². The summed E-state index contributed by atoms with van der Waals surface area (Å²) in [7, 11) is 0. The number of benzene rings is 1. The number of hydrogen-bond donors (Lipinski definition) is 1. The van der Waals surface area contributed by atoms with Crippen molar-refractivity contribution in [3.8, 4) is 6.07 Å². The molecule has 2 rings (SSSR count). The van der Waals surface area contributed by atoms with Crippen molar-refractivity contribution in [2.45, 2.75) is 25.0 Å². The molecule has 1 N–H and O–H groups in total. The number of hydrogen-bond acceptors (Lipinski definition) is 5. The third kappa shape index (κ3) is 4.69. The van der Waals surface area contributed by atoms with Crippen LogP contribution in [0.15, 0.2) is 46.5 Å². The van der Waals surface area contributed by atoms with E-state index in [4.69, 9.17) is 5.26 Å². The molecular weight excluding hydrogens is 312 g/mol. The minimum atomic E-state index is -0.327. The number of nitriles is 1. The van der Waals surface area contributed by atoms with Gasteiger partial charge in [-0.3, -0.25) is 9.59 Å². The van der Waals surface area contributed by atoms with Gasteiger partial charge < -0.3 is 9.88 Å². The zero-order valence-corrected chi connectivity index (χ0v) is 13.6. The zero-order chi connectivity index (χ0) is 16.8. The molecule has 0 unspecified atom stereocenters. The summed E-state index contributed by atoms with van der Waals surface area (Å²) in [6.07, 6.45) is 1.68. The number of anilines is 1. The van der Waals surface area contributed by atoms with Crippen molar-refractivity contribution in [1.82, 2.24) is 9.55 Å². The Kier molecular flexibility index (Phi) is 5.55. The van der Waals surface area contributed by atoms with Gasteiger partial charge in [-0.25, -0.2) is 0 Å². The fourth-order valence-electron chi connectivity index (χ4n) is 1.89. The molecular formula is C16H16N4O2S. The van der Waals surface area contributed by atoms with Gasteiger partial charge in [0.15, 0.2) is 5.16 Å². The van der Waals surface area contributed by atoms with Crippen LogP contribution in [0.25, 0.3) is 0 Å². The van der Waals surface area contributed by atoms with Crippen LogP contribution in [0.2, 0.25) is 0 Å². The monoisotopic (exact) mass is 328 g/mol. The van der Waals surface area contributed by atoms with Crippen LogP contribution in [-0.4, -0.2) is 21.2 Å². The van der Waals surface area contributed by atoms with E-state index >= 15 is 0 Å². The molecule has 0 radical (unpaired) electrons. The summed E-state index contributed by atoms with van der Waals surface area (Å²) in [4.78, 5) is 27.4. The van der Waals surface area contributed by atoms with Gasteiger partial charge in [0.25, 0.3) is 5.56 Å². The highest BCUT2D eigenvalue weighted by atomic mass is 32.2. The van der Waals surface area contributed by atoms with E-state index in [0.29, 0.717) is 16.4 Å². The molecule has 6 nitrogen and oxygen atoms in total. The molecule has 0 saturated heterocycles. The molecule has 0 atom stereocenters. The third-order valence-electron chi connectivity index (χ3n) is 2.97. The van der Waals surface area contributed by atoms with Gasteiger partial charge in [0.2, 0.25) is 5.91 Å². The SMILES string of the molecule is CC(C)n1ccc(=O)nc1SCC(=O)Nc1cccc(C#N)c1. The van der Waals surface area contributed by atoms with Crippen LogP contribution in [0.1, 0.15) is 25.5 Å². The maximum atomic E-state index is 12.0. The minimum absolute atomic E-state index is 0.125. The van der Waals surface area contributed by atoms with Gasteiger partial charge in [0.05, 0.1) is 17.4 Å². The summed E-state index contributed by atoms with van der Waals surface area (Å²) >= 11 is 1.20. The Labute approximate surface area is 138 Å². The molecule has 1 heterocycles. The first-order valence-electron chi connectivity index (χ1n) is 7.01. The molecule has 118 valence electrons. The molecule has 1 aromatic heterocycles.